The number of aromatic nitrogens is 1. The van der Waals surface area contributed by atoms with Crippen LogP contribution >= 0.6 is 0 Å². The van der Waals surface area contributed by atoms with E-state index in [0.717, 1.165) is 16.5 Å². The molecule has 31 heavy (non-hydrogen) atoms. The first-order chi connectivity index (χ1) is 15.0. The van der Waals surface area contributed by atoms with E-state index in [1.807, 2.05) is 42.1 Å². The number of carbonyl (C=O) groups excluding carboxylic acids is 2. The molecule has 1 fully saturated rings. The third-order valence-corrected chi connectivity index (χ3v) is 5.72. The molecule has 7 nitrogen and oxygen atoms in total. The van der Waals surface area contributed by atoms with Gasteiger partial charge in [0.2, 0.25) is 5.78 Å². The highest BCUT2D eigenvalue weighted by atomic mass is 16.6. The Balaban J connectivity index is 1.43. The van der Waals surface area contributed by atoms with E-state index in [9.17, 15) is 9.59 Å². The lowest BCUT2D eigenvalue weighted by atomic mass is 10.1. The molecule has 0 N–H and O–H groups in total. The van der Waals surface area contributed by atoms with E-state index in [4.69, 9.17) is 14.2 Å². The van der Waals surface area contributed by atoms with Gasteiger partial charge in [-0.15, -0.1) is 0 Å². The van der Waals surface area contributed by atoms with Gasteiger partial charge < -0.3 is 23.7 Å². The monoisotopic (exact) mass is 418 g/mol. The average Bonchev–Trinajstić information content (AvgIpc) is 3.28. The molecule has 158 valence electrons. The topological polar surface area (TPSA) is 70.0 Å². The van der Waals surface area contributed by atoms with Gasteiger partial charge in [-0.3, -0.25) is 4.79 Å². The molecule has 3 aromatic rings. The Morgan fingerprint density at radius 2 is 1.90 bits per heavy atom. The first kappa shape index (κ1) is 19.4. The van der Waals surface area contributed by atoms with Gasteiger partial charge in [0.1, 0.15) is 11.5 Å². The highest BCUT2D eigenvalue weighted by molar-refractivity contribution is 6.15. The van der Waals surface area contributed by atoms with Crippen LogP contribution in [-0.4, -0.2) is 47.6 Å². The normalized spacial score (nSPS) is 17.2. The molecule has 2 aromatic carbocycles. The molecule has 5 rings (SSSR count). The lowest BCUT2D eigenvalue weighted by molar-refractivity contribution is 0.0415. The van der Waals surface area contributed by atoms with Gasteiger partial charge in [-0.2, -0.15) is 0 Å². The number of amides is 1. The summed E-state index contributed by atoms with van der Waals surface area (Å²) in [6.45, 7) is 3.77. The zero-order valence-electron chi connectivity index (χ0n) is 17.4. The predicted octanol–water partition coefficient (Wildman–Crippen LogP) is 3.93. The number of hydrogen-bond acceptors (Lipinski definition) is 5. The van der Waals surface area contributed by atoms with Gasteiger partial charge in [-0.05, 0) is 31.2 Å². The molecule has 0 spiro atoms. The van der Waals surface area contributed by atoms with Crippen molar-refractivity contribution >= 4 is 28.9 Å². The molecule has 0 radical (unpaired) electrons. The maximum absolute atomic E-state index is 12.9. The van der Waals surface area contributed by atoms with Crippen LogP contribution in [0.3, 0.4) is 0 Å². The molecule has 0 bridgehead atoms. The SMILES string of the molecule is Cc1c(OC(=O)N2CCOCC2)ccc2c1OC(=Cc1cn(C)c3ccccc13)C2=O. The minimum absolute atomic E-state index is 0.183. The molecular weight excluding hydrogens is 396 g/mol. The summed E-state index contributed by atoms with van der Waals surface area (Å²) in [6.07, 6.45) is 3.31. The number of allylic oxidation sites excluding steroid dienone is 1. The third-order valence-electron chi connectivity index (χ3n) is 5.72. The van der Waals surface area contributed by atoms with Crippen molar-refractivity contribution in [1.82, 2.24) is 9.47 Å². The van der Waals surface area contributed by atoms with Crippen molar-refractivity contribution in [3.8, 4) is 11.5 Å². The summed E-state index contributed by atoms with van der Waals surface area (Å²) < 4.78 is 18.8. The van der Waals surface area contributed by atoms with Gasteiger partial charge in [0.25, 0.3) is 0 Å². The number of benzene rings is 2. The van der Waals surface area contributed by atoms with Crippen molar-refractivity contribution in [3.05, 3.63) is 65.0 Å². The molecule has 0 atom stereocenters. The highest BCUT2D eigenvalue weighted by Crippen LogP contribution is 2.40. The average molecular weight is 418 g/mol. The Bertz CT molecular complexity index is 1230. The Hall–Kier alpha value is -3.58. The molecule has 2 aliphatic rings. The van der Waals surface area contributed by atoms with Gasteiger partial charge in [-0.1, -0.05) is 18.2 Å². The summed E-state index contributed by atoms with van der Waals surface area (Å²) in [4.78, 5) is 27.0. The number of para-hydroxylation sites is 1. The number of ether oxygens (including phenoxy) is 3. The maximum Gasteiger partial charge on any atom is 0.415 e. The number of fused-ring (bicyclic) bond motifs is 2. The number of nitrogens with zero attached hydrogens (tertiary/aromatic N) is 2. The van der Waals surface area contributed by atoms with Crippen molar-refractivity contribution in [2.45, 2.75) is 6.92 Å². The number of aryl methyl sites for hydroxylation is 1. The van der Waals surface area contributed by atoms with Crippen LogP contribution in [-0.2, 0) is 11.8 Å². The lowest BCUT2D eigenvalue weighted by Crippen LogP contribution is -2.42. The summed E-state index contributed by atoms with van der Waals surface area (Å²) in [5.41, 5.74) is 3.07. The highest BCUT2D eigenvalue weighted by Gasteiger charge is 2.31. The van der Waals surface area contributed by atoms with Crippen molar-refractivity contribution < 1.29 is 23.8 Å². The summed E-state index contributed by atoms with van der Waals surface area (Å²) in [6, 6.07) is 11.3. The fraction of sp³-hybridized carbons (Fsp3) is 0.250. The third kappa shape index (κ3) is 3.37. The fourth-order valence-corrected chi connectivity index (χ4v) is 4.01. The van der Waals surface area contributed by atoms with Crippen LogP contribution < -0.4 is 9.47 Å². The van der Waals surface area contributed by atoms with E-state index in [-0.39, 0.29) is 11.5 Å². The van der Waals surface area contributed by atoms with E-state index >= 15 is 0 Å². The van der Waals surface area contributed by atoms with Crippen LogP contribution in [0.2, 0.25) is 0 Å². The number of morpholine rings is 1. The van der Waals surface area contributed by atoms with Gasteiger partial charge in [0, 0.05) is 48.4 Å². The largest absolute Gasteiger partial charge is 0.452 e. The number of rotatable bonds is 2. The summed E-state index contributed by atoms with van der Waals surface area (Å²) in [7, 11) is 1.97. The number of ketones is 1. The zero-order valence-corrected chi connectivity index (χ0v) is 17.4. The molecule has 0 saturated carbocycles. The molecule has 1 saturated heterocycles. The minimum atomic E-state index is -0.429. The van der Waals surface area contributed by atoms with Crippen LogP contribution in [0.5, 0.6) is 11.5 Å². The van der Waals surface area contributed by atoms with Crippen molar-refractivity contribution in [3.63, 3.8) is 0 Å². The second-order valence-corrected chi connectivity index (χ2v) is 7.69. The van der Waals surface area contributed by atoms with Crippen molar-refractivity contribution in [1.29, 1.82) is 0 Å². The van der Waals surface area contributed by atoms with Gasteiger partial charge in [0.05, 0.1) is 18.8 Å². The van der Waals surface area contributed by atoms with E-state index < -0.39 is 6.09 Å². The van der Waals surface area contributed by atoms with Crippen molar-refractivity contribution in [2.24, 2.45) is 7.05 Å². The second kappa shape index (κ2) is 7.59. The fourth-order valence-electron chi connectivity index (χ4n) is 4.01. The van der Waals surface area contributed by atoms with E-state index in [1.165, 1.54) is 0 Å². The van der Waals surface area contributed by atoms with Gasteiger partial charge >= 0.3 is 6.09 Å². The van der Waals surface area contributed by atoms with Crippen LogP contribution in [0.4, 0.5) is 4.79 Å². The van der Waals surface area contributed by atoms with E-state index in [2.05, 4.69) is 0 Å². The van der Waals surface area contributed by atoms with Crippen LogP contribution in [0.1, 0.15) is 21.5 Å². The number of carbonyl (C=O) groups is 2. The minimum Gasteiger partial charge on any atom is -0.452 e. The summed E-state index contributed by atoms with van der Waals surface area (Å²) >= 11 is 0. The summed E-state index contributed by atoms with van der Waals surface area (Å²) in [5, 5.41) is 1.04. The van der Waals surface area contributed by atoms with E-state index in [1.54, 1.807) is 30.0 Å². The molecule has 3 heterocycles. The maximum atomic E-state index is 12.9. The standard InChI is InChI=1S/C24H22N2O5/c1-15-20(31-24(28)26-9-11-29-12-10-26)8-7-18-22(27)21(30-23(15)18)13-16-14-25(2)19-6-4-3-5-17(16)19/h3-8,13-14H,9-12H2,1-2H3. The summed E-state index contributed by atoms with van der Waals surface area (Å²) in [5.74, 6) is 0.890. The van der Waals surface area contributed by atoms with Gasteiger partial charge in [-0.25, -0.2) is 4.79 Å². The van der Waals surface area contributed by atoms with Crippen LogP contribution in [0.25, 0.3) is 17.0 Å². The number of hydrogen-bond donors (Lipinski definition) is 0. The number of Topliss-reactive ketones (excluding diaryl/α,β-unsaturated/α-hetero) is 1. The zero-order chi connectivity index (χ0) is 21.5. The Kier molecular flexibility index (Phi) is 4.75. The van der Waals surface area contributed by atoms with Crippen LogP contribution in [0, 0.1) is 6.92 Å². The Morgan fingerprint density at radius 1 is 1.13 bits per heavy atom. The lowest BCUT2D eigenvalue weighted by Gasteiger charge is -2.26. The van der Waals surface area contributed by atoms with Crippen molar-refractivity contribution in [2.75, 3.05) is 26.3 Å². The quantitative estimate of drug-likeness (QED) is 0.590. The molecule has 0 unspecified atom stereocenters. The Morgan fingerprint density at radius 3 is 2.71 bits per heavy atom. The molecule has 7 heteroatoms. The molecule has 0 aliphatic carbocycles. The molecule has 1 aromatic heterocycles. The first-order valence-corrected chi connectivity index (χ1v) is 10.2. The predicted molar refractivity (Wildman–Crippen MR) is 115 cm³/mol. The molecule has 2 aliphatic heterocycles. The Labute approximate surface area is 179 Å². The molecular formula is C24H22N2O5. The molecule has 1 amide bonds. The smallest absolute Gasteiger partial charge is 0.415 e. The van der Waals surface area contributed by atoms with Crippen LogP contribution in [0.15, 0.2) is 48.4 Å². The van der Waals surface area contributed by atoms with Gasteiger partial charge in [0.15, 0.2) is 5.76 Å². The van der Waals surface area contributed by atoms with E-state index in [0.29, 0.717) is 48.9 Å². The first-order valence-electron chi connectivity index (χ1n) is 10.2. The second-order valence-electron chi connectivity index (χ2n) is 7.69.